The summed E-state index contributed by atoms with van der Waals surface area (Å²) in [7, 11) is 1.39. The standard InChI is InChI=1S/C16H20O3S/c1-10-9-15(11(2)8-12(10)16(18)19-3)20-14-7-5-4-6-13(14)17/h8-9,14H,4-7H2,1-3H3. The molecule has 0 N–H and O–H groups in total. The third-order valence-electron chi connectivity index (χ3n) is 3.70. The lowest BCUT2D eigenvalue weighted by molar-refractivity contribution is -0.119. The first-order valence-electron chi connectivity index (χ1n) is 6.92. The Morgan fingerprint density at radius 2 is 2.00 bits per heavy atom. The van der Waals surface area contributed by atoms with Crippen molar-refractivity contribution in [1.82, 2.24) is 0 Å². The van der Waals surface area contributed by atoms with Crippen molar-refractivity contribution in [1.29, 1.82) is 0 Å². The molecule has 1 unspecified atom stereocenters. The molecule has 0 spiro atoms. The Morgan fingerprint density at radius 1 is 1.25 bits per heavy atom. The van der Waals surface area contributed by atoms with Gasteiger partial charge in [-0.2, -0.15) is 0 Å². The summed E-state index contributed by atoms with van der Waals surface area (Å²) in [6.07, 6.45) is 3.81. The molecule has 1 atom stereocenters. The number of hydrogen-bond acceptors (Lipinski definition) is 4. The molecule has 20 heavy (non-hydrogen) atoms. The summed E-state index contributed by atoms with van der Waals surface area (Å²) in [5.41, 5.74) is 2.52. The number of thioether (sulfide) groups is 1. The lowest BCUT2D eigenvalue weighted by Gasteiger charge is -2.21. The highest BCUT2D eigenvalue weighted by atomic mass is 32.2. The van der Waals surface area contributed by atoms with Crippen molar-refractivity contribution in [2.24, 2.45) is 0 Å². The van der Waals surface area contributed by atoms with Gasteiger partial charge in [0.1, 0.15) is 5.78 Å². The zero-order valence-electron chi connectivity index (χ0n) is 12.2. The zero-order chi connectivity index (χ0) is 14.7. The number of ether oxygens (including phenoxy) is 1. The maximum atomic E-state index is 11.9. The fraction of sp³-hybridized carbons (Fsp3) is 0.500. The summed E-state index contributed by atoms with van der Waals surface area (Å²) in [4.78, 5) is 24.7. The number of esters is 1. The number of carbonyl (C=O) groups excluding carboxylic acids is 2. The van der Waals surface area contributed by atoms with E-state index in [-0.39, 0.29) is 11.2 Å². The first-order chi connectivity index (χ1) is 9.52. The molecule has 0 saturated heterocycles. The Bertz CT molecular complexity index is 537. The summed E-state index contributed by atoms with van der Waals surface area (Å²) < 4.78 is 4.78. The predicted molar refractivity (Wildman–Crippen MR) is 80.4 cm³/mol. The molecule has 0 aromatic heterocycles. The highest BCUT2D eigenvalue weighted by molar-refractivity contribution is 8.00. The minimum Gasteiger partial charge on any atom is -0.465 e. The Morgan fingerprint density at radius 3 is 2.65 bits per heavy atom. The molecule has 0 amide bonds. The van der Waals surface area contributed by atoms with Gasteiger partial charge in [0.25, 0.3) is 0 Å². The fourth-order valence-corrected chi connectivity index (χ4v) is 3.81. The smallest absolute Gasteiger partial charge is 0.338 e. The molecular weight excluding hydrogens is 272 g/mol. The van der Waals surface area contributed by atoms with Crippen molar-refractivity contribution in [3.8, 4) is 0 Å². The minimum absolute atomic E-state index is 0.0748. The van der Waals surface area contributed by atoms with Gasteiger partial charge in [0, 0.05) is 11.3 Å². The molecule has 1 aliphatic carbocycles. The monoisotopic (exact) mass is 292 g/mol. The van der Waals surface area contributed by atoms with Crippen LogP contribution in [0.5, 0.6) is 0 Å². The van der Waals surface area contributed by atoms with E-state index in [9.17, 15) is 9.59 Å². The van der Waals surface area contributed by atoms with Crippen LogP contribution in [0.2, 0.25) is 0 Å². The van der Waals surface area contributed by atoms with Gasteiger partial charge in [0.15, 0.2) is 0 Å². The lowest BCUT2D eigenvalue weighted by atomic mass is 9.99. The topological polar surface area (TPSA) is 43.4 Å². The maximum absolute atomic E-state index is 11.9. The zero-order valence-corrected chi connectivity index (χ0v) is 13.0. The largest absolute Gasteiger partial charge is 0.465 e. The van der Waals surface area contributed by atoms with E-state index >= 15 is 0 Å². The number of carbonyl (C=O) groups is 2. The van der Waals surface area contributed by atoms with E-state index in [0.29, 0.717) is 17.8 Å². The van der Waals surface area contributed by atoms with Crippen LogP contribution in [0.1, 0.15) is 47.2 Å². The van der Waals surface area contributed by atoms with E-state index in [0.717, 1.165) is 35.3 Å². The highest BCUT2D eigenvalue weighted by Crippen LogP contribution is 2.34. The number of rotatable bonds is 3. The van der Waals surface area contributed by atoms with Crippen LogP contribution in [0.4, 0.5) is 0 Å². The molecule has 108 valence electrons. The van der Waals surface area contributed by atoms with Crippen molar-refractivity contribution in [2.75, 3.05) is 7.11 Å². The third-order valence-corrected chi connectivity index (χ3v) is 5.17. The Labute approximate surface area is 124 Å². The van der Waals surface area contributed by atoms with E-state index in [4.69, 9.17) is 4.74 Å². The van der Waals surface area contributed by atoms with E-state index in [1.54, 1.807) is 11.8 Å². The summed E-state index contributed by atoms with van der Waals surface area (Å²) in [5, 5.41) is 0.0748. The predicted octanol–water partition coefficient (Wildman–Crippen LogP) is 3.69. The molecule has 1 aliphatic rings. The average Bonchev–Trinajstić information content (AvgIpc) is 2.44. The molecule has 1 saturated carbocycles. The van der Waals surface area contributed by atoms with Crippen LogP contribution in [-0.4, -0.2) is 24.1 Å². The van der Waals surface area contributed by atoms with Gasteiger partial charge in [0.05, 0.1) is 17.9 Å². The number of benzene rings is 1. The molecule has 0 aliphatic heterocycles. The number of aryl methyl sites for hydroxylation is 2. The van der Waals surface area contributed by atoms with Crippen LogP contribution in [0.25, 0.3) is 0 Å². The number of hydrogen-bond donors (Lipinski definition) is 0. The first kappa shape index (κ1) is 15.1. The molecule has 2 rings (SSSR count). The number of ketones is 1. The van der Waals surface area contributed by atoms with E-state index in [1.165, 1.54) is 7.11 Å². The second-order valence-electron chi connectivity index (χ2n) is 5.24. The second-order valence-corrected chi connectivity index (χ2v) is 6.49. The third kappa shape index (κ3) is 3.23. The second kappa shape index (κ2) is 6.44. The molecule has 3 nitrogen and oxygen atoms in total. The van der Waals surface area contributed by atoms with Crippen LogP contribution in [0, 0.1) is 13.8 Å². The summed E-state index contributed by atoms with van der Waals surface area (Å²) in [6, 6.07) is 3.85. The van der Waals surface area contributed by atoms with Gasteiger partial charge in [-0.05, 0) is 49.9 Å². The molecule has 1 aromatic rings. The van der Waals surface area contributed by atoms with Gasteiger partial charge in [-0.1, -0.05) is 6.42 Å². The van der Waals surface area contributed by atoms with Crippen LogP contribution in [0.3, 0.4) is 0 Å². The van der Waals surface area contributed by atoms with Crippen LogP contribution < -0.4 is 0 Å². The summed E-state index contributed by atoms with van der Waals surface area (Å²) in [6.45, 7) is 3.87. The van der Waals surface area contributed by atoms with Crippen molar-refractivity contribution in [3.63, 3.8) is 0 Å². The van der Waals surface area contributed by atoms with Gasteiger partial charge < -0.3 is 4.74 Å². The molecule has 1 aromatic carbocycles. The highest BCUT2D eigenvalue weighted by Gasteiger charge is 2.24. The van der Waals surface area contributed by atoms with Gasteiger partial charge in [-0.25, -0.2) is 4.79 Å². The molecule has 4 heteroatoms. The van der Waals surface area contributed by atoms with Gasteiger partial charge in [-0.15, -0.1) is 11.8 Å². The summed E-state index contributed by atoms with van der Waals surface area (Å²) in [5.74, 6) is 0.0474. The first-order valence-corrected chi connectivity index (χ1v) is 7.80. The van der Waals surface area contributed by atoms with Crippen molar-refractivity contribution in [2.45, 2.75) is 49.7 Å². The van der Waals surface area contributed by atoms with Gasteiger partial charge >= 0.3 is 5.97 Å². The Kier molecular flexibility index (Phi) is 4.86. The molecule has 0 radical (unpaired) electrons. The quantitative estimate of drug-likeness (QED) is 0.797. The normalized spacial score (nSPS) is 18.9. The van der Waals surface area contributed by atoms with E-state index < -0.39 is 0 Å². The Balaban J connectivity index is 2.22. The van der Waals surface area contributed by atoms with Crippen molar-refractivity contribution < 1.29 is 14.3 Å². The maximum Gasteiger partial charge on any atom is 0.338 e. The summed E-state index contributed by atoms with van der Waals surface area (Å²) >= 11 is 1.64. The minimum atomic E-state index is -0.309. The average molecular weight is 292 g/mol. The molecule has 0 bridgehead atoms. The van der Waals surface area contributed by atoms with Gasteiger partial charge in [0.2, 0.25) is 0 Å². The van der Waals surface area contributed by atoms with Crippen molar-refractivity contribution >= 4 is 23.5 Å². The van der Waals surface area contributed by atoms with E-state index in [2.05, 4.69) is 0 Å². The lowest BCUT2D eigenvalue weighted by Crippen LogP contribution is -2.21. The molecule has 0 heterocycles. The molecular formula is C16H20O3S. The van der Waals surface area contributed by atoms with Crippen LogP contribution in [0.15, 0.2) is 17.0 Å². The van der Waals surface area contributed by atoms with Crippen molar-refractivity contribution in [3.05, 3.63) is 28.8 Å². The fourth-order valence-electron chi connectivity index (χ4n) is 2.48. The van der Waals surface area contributed by atoms with Gasteiger partial charge in [-0.3, -0.25) is 4.79 Å². The SMILES string of the molecule is COC(=O)c1cc(C)c(SC2CCCCC2=O)cc1C. The number of methoxy groups -OCH3 is 1. The van der Waals surface area contributed by atoms with Crippen LogP contribution >= 0.6 is 11.8 Å². The van der Waals surface area contributed by atoms with Crippen LogP contribution in [-0.2, 0) is 9.53 Å². The number of Topliss-reactive ketones (excluding diaryl/α,β-unsaturated/α-hetero) is 1. The van der Waals surface area contributed by atoms with E-state index in [1.807, 2.05) is 26.0 Å². The molecule has 1 fully saturated rings. The Hall–Kier alpha value is -1.29.